The maximum atomic E-state index is 12.5. The van der Waals surface area contributed by atoms with Gasteiger partial charge in [0, 0.05) is 12.2 Å². The summed E-state index contributed by atoms with van der Waals surface area (Å²) in [7, 11) is 0. The number of halogens is 3. The van der Waals surface area contributed by atoms with Crippen LogP contribution >= 0.6 is 11.3 Å². The fourth-order valence-corrected chi connectivity index (χ4v) is 2.29. The number of benzene rings is 1. The highest BCUT2D eigenvalue weighted by atomic mass is 32.1. The van der Waals surface area contributed by atoms with E-state index in [1.165, 1.54) is 6.20 Å². The van der Waals surface area contributed by atoms with Crippen LogP contribution in [0.1, 0.15) is 23.5 Å². The zero-order chi connectivity index (χ0) is 13.3. The number of nitrogens with zero attached hydrogens (tertiary/aromatic N) is 1. The average molecular weight is 272 g/mol. The van der Waals surface area contributed by atoms with Gasteiger partial charge in [-0.05, 0) is 24.1 Å². The van der Waals surface area contributed by atoms with Crippen molar-refractivity contribution in [1.29, 1.82) is 0 Å². The monoisotopic (exact) mass is 272 g/mol. The molecule has 1 unspecified atom stereocenters. The minimum Gasteiger partial charge on any atom is -0.324 e. The molecule has 0 aliphatic rings. The van der Waals surface area contributed by atoms with E-state index < -0.39 is 11.2 Å². The van der Waals surface area contributed by atoms with Crippen molar-refractivity contribution in [3.05, 3.63) is 41.0 Å². The molecule has 0 radical (unpaired) electrons. The third-order valence-electron chi connectivity index (χ3n) is 2.45. The molecule has 18 heavy (non-hydrogen) atoms. The van der Waals surface area contributed by atoms with Crippen molar-refractivity contribution in [1.82, 2.24) is 4.98 Å². The van der Waals surface area contributed by atoms with Crippen LogP contribution in [0.5, 0.6) is 0 Å². The van der Waals surface area contributed by atoms with Crippen LogP contribution in [0.3, 0.4) is 0 Å². The second-order valence-corrected chi connectivity index (χ2v) is 4.97. The molecular weight excluding hydrogens is 261 g/mol. The van der Waals surface area contributed by atoms with Gasteiger partial charge in [0.1, 0.15) is 0 Å². The van der Waals surface area contributed by atoms with Crippen molar-refractivity contribution in [3.8, 4) is 10.4 Å². The average Bonchev–Trinajstić information content (AvgIpc) is 2.78. The van der Waals surface area contributed by atoms with Gasteiger partial charge in [-0.25, -0.2) is 4.98 Å². The van der Waals surface area contributed by atoms with Crippen LogP contribution in [0, 0.1) is 0 Å². The molecule has 2 nitrogen and oxygen atoms in total. The Hall–Kier alpha value is -1.40. The summed E-state index contributed by atoms with van der Waals surface area (Å²) in [5, 5.41) is -0.830. The number of alkyl halides is 3. The predicted molar refractivity (Wildman–Crippen MR) is 65.2 cm³/mol. The lowest BCUT2D eigenvalue weighted by molar-refractivity contribution is -0.137. The molecule has 0 aliphatic heterocycles. The summed E-state index contributed by atoms with van der Waals surface area (Å²) >= 11 is 0.636. The predicted octanol–water partition coefficient (Wildman–Crippen LogP) is 3.85. The van der Waals surface area contributed by atoms with E-state index in [0.717, 1.165) is 5.56 Å². The second kappa shape index (κ2) is 4.70. The van der Waals surface area contributed by atoms with Gasteiger partial charge in [-0.15, -0.1) is 11.3 Å². The van der Waals surface area contributed by atoms with Crippen molar-refractivity contribution in [3.63, 3.8) is 0 Å². The highest BCUT2D eigenvalue weighted by Crippen LogP contribution is 2.36. The maximum absolute atomic E-state index is 12.5. The number of nitrogens with two attached hydrogens (primary N) is 1. The zero-order valence-corrected chi connectivity index (χ0v) is 10.3. The fraction of sp³-hybridized carbons (Fsp3) is 0.250. The van der Waals surface area contributed by atoms with Crippen LogP contribution in [0.15, 0.2) is 30.5 Å². The van der Waals surface area contributed by atoms with Crippen molar-refractivity contribution in [2.24, 2.45) is 5.73 Å². The molecule has 1 aromatic heterocycles. The van der Waals surface area contributed by atoms with Crippen molar-refractivity contribution >= 4 is 11.3 Å². The van der Waals surface area contributed by atoms with Gasteiger partial charge < -0.3 is 5.73 Å². The summed E-state index contributed by atoms with van der Waals surface area (Å²) < 4.78 is 37.4. The lowest BCUT2D eigenvalue weighted by Gasteiger charge is -2.06. The molecule has 96 valence electrons. The number of aromatic nitrogens is 1. The highest BCUT2D eigenvalue weighted by molar-refractivity contribution is 7.15. The molecule has 0 aliphatic carbocycles. The van der Waals surface area contributed by atoms with E-state index in [0.29, 0.717) is 21.8 Å². The Kier molecular flexibility index (Phi) is 3.41. The van der Waals surface area contributed by atoms with E-state index in [1.54, 1.807) is 18.2 Å². The normalized spacial score (nSPS) is 13.6. The van der Waals surface area contributed by atoms with Crippen LogP contribution in [0.4, 0.5) is 13.2 Å². The minimum atomic E-state index is -4.39. The summed E-state index contributed by atoms with van der Waals surface area (Å²) in [4.78, 5) is 3.89. The first kappa shape index (κ1) is 13.0. The van der Waals surface area contributed by atoms with Gasteiger partial charge in [0.2, 0.25) is 0 Å². The summed E-state index contributed by atoms with van der Waals surface area (Å²) in [6.07, 6.45) is -3.14. The van der Waals surface area contributed by atoms with Crippen LogP contribution in [0.25, 0.3) is 10.4 Å². The largest absolute Gasteiger partial charge is 0.443 e. The standard InChI is InChI=1S/C12H11F3N2S/c1-7(16)8-3-2-4-9(5-8)10-6-17-11(18-10)12(13,14)15/h2-7H,16H2,1H3. The third kappa shape index (κ3) is 2.70. The second-order valence-electron chi connectivity index (χ2n) is 3.94. The molecule has 2 N–H and O–H groups in total. The quantitative estimate of drug-likeness (QED) is 0.901. The number of hydrogen-bond donors (Lipinski definition) is 1. The number of rotatable bonds is 2. The molecule has 1 heterocycles. The molecule has 1 atom stereocenters. The van der Waals surface area contributed by atoms with Gasteiger partial charge in [0.25, 0.3) is 0 Å². The Balaban J connectivity index is 2.37. The molecular formula is C12H11F3N2S. The molecule has 6 heteroatoms. The molecule has 0 bridgehead atoms. The van der Waals surface area contributed by atoms with E-state index in [1.807, 2.05) is 13.0 Å². The molecule has 2 rings (SSSR count). The maximum Gasteiger partial charge on any atom is 0.443 e. The Morgan fingerprint density at radius 3 is 2.61 bits per heavy atom. The summed E-state index contributed by atoms with van der Waals surface area (Å²) in [6.45, 7) is 1.83. The van der Waals surface area contributed by atoms with Gasteiger partial charge in [0.05, 0.1) is 4.88 Å². The van der Waals surface area contributed by atoms with E-state index in [9.17, 15) is 13.2 Å². The topological polar surface area (TPSA) is 38.9 Å². The van der Waals surface area contributed by atoms with E-state index in [4.69, 9.17) is 5.73 Å². The zero-order valence-electron chi connectivity index (χ0n) is 9.53. The molecule has 0 fully saturated rings. The SMILES string of the molecule is CC(N)c1cccc(-c2cnc(C(F)(F)F)s2)c1. The summed E-state index contributed by atoms with van der Waals surface area (Å²) in [5.74, 6) is 0. The Morgan fingerprint density at radius 1 is 1.33 bits per heavy atom. The van der Waals surface area contributed by atoms with Crippen LogP contribution < -0.4 is 5.73 Å². The van der Waals surface area contributed by atoms with Crippen molar-refractivity contribution < 1.29 is 13.2 Å². The van der Waals surface area contributed by atoms with Crippen LogP contribution in [0.2, 0.25) is 0 Å². The number of hydrogen-bond acceptors (Lipinski definition) is 3. The molecule has 0 amide bonds. The van der Waals surface area contributed by atoms with Gasteiger partial charge in [-0.2, -0.15) is 13.2 Å². The van der Waals surface area contributed by atoms with E-state index in [2.05, 4.69) is 4.98 Å². The number of thiazole rings is 1. The smallest absolute Gasteiger partial charge is 0.324 e. The van der Waals surface area contributed by atoms with Crippen molar-refractivity contribution in [2.75, 3.05) is 0 Å². The van der Waals surface area contributed by atoms with Crippen molar-refractivity contribution in [2.45, 2.75) is 19.1 Å². The van der Waals surface area contributed by atoms with Crippen LogP contribution in [-0.2, 0) is 6.18 Å². The molecule has 0 spiro atoms. The Morgan fingerprint density at radius 2 is 2.06 bits per heavy atom. The first-order valence-electron chi connectivity index (χ1n) is 5.27. The van der Waals surface area contributed by atoms with E-state index in [-0.39, 0.29) is 6.04 Å². The van der Waals surface area contributed by atoms with Crippen LogP contribution in [-0.4, -0.2) is 4.98 Å². The Labute approximate surface area is 106 Å². The van der Waals surface area contributed by atoms with Gasteiger partial charge in [-0.1, -0.05) is 18.2 Å². The summed E-state index contributed by atoms with van der Waals surface area (Å²) in [5.41, 5.74) is 7.33. The summed E-state index contributed by atoms with van der Waals surface area (Å²) in [6, 6.07) is 7.01. The van der Waals surface area contributed by atoms with Gasteiger partial charge >= 0.3 is 6.18 Å². The first-order valence-corrected chi connectivity index (χ1v) is 6.08. The molecule has 0 saturated carbocycles. The fourth-order valence-electron chi connectivity index (χ4n) is 1.51. The highest BCUT2D eigenvalue weighted by Gasteiger charge is 2.34. The molecule has 1 aromatic carbocycles. The first-order chi connectivity index (χ1) is 8.38. The minimum absolute atomic E-state index is 0.153. The molecule has 2 aromatic rings. The molecule has 0 saturated heterocycles. The third-order valence-corrected chi connectivity index (χ3v) is 3.54. The Bertz CT molecular complexity index is 546. The van der Waals surface area contributed by atoms with Gasteiger partial charge in [0.15, 0.2) is 5.01 Å². The lowest BCUT2D eigenvalue weighted by atomic mass is 10.1. The van der Waals surface area contributed by atoms with E-state index >= 15 is 0 Å². The van der Waals surface area contributed by atoms with Gasteiger partial charge in [-0.3, -0.25) is 0 Å². The lowest BCUT2D eigenvalue weighted by Crippen LogP contribution is -2.04.